The molecular weight excluding hydrogens is 673 g/mol. The quantitative estimate of drug-likeness (QED) is 0.223. The third-order valence-corrected chi connectivity index (χ3v) is 10.7. The first-order valence-corrected chi connectivity index (χ1v) is 17.9. The molecule has 3 saturated heterocycles. The molecule has 272 valence electrons. The van der Waals surface area contributed by atoms with Crippen LogP contribution < -0.4 is 19.9 Å². The second-order valence-electron chi connectivity index (χ2n) is 14.0. The van der Waals surface area contributed by atoms with Crippen LogP contribution in [0.4, 0.5) is 24.5 Å². The van der Waals surface area contributed by atoms with E-state index < -0.39 is 23.7 Å². The fourth-order valence-electron chi connectivity index (χ4n) is 7.78. The van der Waals surface area contributed by atoms with E-state index in [9.17, 15) is 27.6 Å². The molecule has 0 aliphatic carbocycles. The Morgan fingerprint density at radius 2 is 1.62 bits per heavy atom. The summed E-state index contributed by atoms with van der Waals surface area (Å²) in [6.07, 6.45) is -1.22. The van der Waals surface area contributed by atoms with E-state index in [1.54, 1.807) is 17.0 Å². The molecule has 3 fully saturated rings. The molecule has 4 aliphatic rings. The topological polar surface area (TPSA) is 109 Å². The second-order valence-corrected chi connectivity index (χ2v) is 14.0. The maximum Gasteiger partial charge on any atom is 0.417 e. The van der Waals surface area contributed by atoms with Crippen LogP contribution in [-0.2, 0) is 22.3 Å². The highest BCUT2D eigenvalue weighted by atomic mass is 19.4. The number of nitriles is 1. The molecule has 2 atom stereocenters. The number of rotatable bonds is 10. The number of hydrogen-bond donors (Lipinski definition) is 1. The van der Waals surface area contributed by atoms with Gasteiger partial charge in [0.15, 0.2) is 0 Å². The molecule has 3 aromatic carbocycles. The van der Waals surface area contributed by atoms with Crippen LogP contribution >= 0.6 is 0 Å². The minimum absolute atomic E-state index is 0.157. The molecule has 0 radical (unpaired) electrons. The number of alkyl halides is 3. The third kappa shape index (κ3) is 7.58. The Morgan fingerprint density at radius 1 is 0.865 bits per heavy atom. The van der Waals surface area contributed by atoms with Crippen molar-refractivity contribution in [1.82, 2.24) is 15.1 Å². The fourth-order valence-corrected chi connectivity index (χ4v) is 7.78. The molecular formula is C39H41F3N6O4. The summed E-state index contributed by atoms with van der Waals surface area (Å²) in [7, 11) is 0. The van der Waals surface area contributed by atoms with E-state index in [0.29, 0.717) is 43.9 Å². The van der Waals surface area contributed by atoms with Gasteiger partial charge in [0.2, 0.25) is 11.8 Å². The number of nitrogens with one attached hydrogen (secondary N) is 1. The van der Waals surface area contributed by atoms with Crippen LogP contribution in [0.25, 0.3) is 0 Å². The summed E-state index contributed by atoms with van der Waals surface area (Å²) < 4.78 is 46.4. The largest absolute Gasteiger partial charge is 0.494 e. The van der Waals surface area contributed by atoms with Crippen molar-refractivity contribution in [3.05, 3.63) is 88.5 Å². The maximum atomic E-state index is 13.5. The molecule has 1 N–H and O–H groups in total. The molecule has 0 spiro atoms. The highest BCUT2D eigenvalue weighted by Gasteiger charge is 2.39. The zero-order valence-corrected chi connectivity index (χ0v) is 28.8. The monoisotopic (exact) mass is 714 g/mol. The number of carbonyl (C=O) groups is 3. The summed E-state index contributed by atoms with van der Waals surface area (Å²) in [5, 5.41) is 11.4. The Labute approximate surface area is 300 Å². The third-order valence-electron chi connectivity index (χ3n) is 10.7. The number of nitrogens with zero attached hydrogens (tertiary/aromatic N) is 5. The van der Waals surface area contributed by atoms with Crippen molar-refractivity contribution >= 4 is 29.1 Å². The summed E-state index contributed by atoms with van der Waals surface area (Å²) in [6, 6.07) is 18.9. The van der Waals surface area contributed by atoms with Gasteiger partial charge in [-0.05, 0) is 91.9 Å². The van der Waals surface area contributed by atoms with Crippen LogP contribution in [-0.4, -0.2) is 86.0 Å². The zero-order chi connectivity index (χ0) is 36.4. The minimum Gasteiger partial charge on any atom is -0.494 e. The van der Waals surface area contributed by atoms with Gasteiger partial charge in [-0.2, -0.15) is 18.4 Å². The normalized spacial score (nSPS) is 21.0. The summed E-state index contributed by atoms with van der Waals surface area (Å²) in [4.78, 5) is 45.3. The Kier molecular flexibility index (Phi) is 10.1. The number of unbranched alkanes of at least 4 members (excludes halogenated alkanes) is 1. The lowest BCUT2D eigenvalue weighted by molar-refractivity contribution is -0.138. The molecule has 52 heavy (non-hydrogen) atoms. The molecule has 0 bridgehead atoms. The van der Waals surface area contributed by atoms with Crippen LogP contribution in [0.2, 0.25) is 0 Å². The van der Waals surface area contributed by atoms with Crippen molar-refractivity contribution in [2.24, 2.45) is 0 Å². The van der Waals surface area contributed by atoms with Crippen LogP contribution in [0.5, 0.6) is 5.75 Å². The summed E-state index contributed by atoms with van der Waals surface area (Å²) in [5.41, 5.74) is 2.97. The van der Waals surface area contributed by atoms with Gasteiger partial charge in [0, 0.05) is 75.1 Å². The van der Waals surface area contributed by atoms with Gasteiger partial charge in [-0.3, -0.25) is 24.6 Å². The van der Waals surface area contributed by atoms with Crippen LogP contribution in [0.15, 0.2) is 60.7 Å². The number of piperazine rings is 1. The Hall–Kier alpha value is -5.09. The number of anilines is 2. The van der Waals surface area contributed by atoms with E-state index in [0.717, 1.165) is 80.6 Å². The number of fused-ring (bicyclic) bond motifs is 1. The number of piperidine rings is 1. The molecule has 0 saturated carbocycles. The molecule has 1 unspecified atom stereocenters. The molecule has 10 nitrogen and oxygen atoms in total. The predicted octanol–water partition coefficient (Wildman–Crippen LogP) is 5.31. The van der Waals surface area contributed by atoms with Crippen molar-refractivity contribution in [3.8, 4) is 11.8 Å². The number of ether oxygens (including phenoxy) is 1. The van der Waals surface area contributed by atoms with E-state index in [1.165, 1.54) is 6.07 Å². The number of hydrogen-bond acceptors (Lipinski definition) is 8. The first kappa shape index (κ1) is 35.3. The SMILES string of the molecule is N#Cc1ccc(N2CC[C@@H](c3ccc(OCCCCN4CCN(c5ccc6c(c5)CN(C5CCC(=O)NC5=O)C6=O)CC4)cc3)C2)cc1C(F)(F)F. The Balaban J connectivity index is 0.813. The van der Waals surface area contributed by atoms with Crippen LogP contribution in [0.3, 0.4) is 0 Å². The number of benzene rings is 3. The van der Waals surface area contributed by atoms with Gasteiger partial charge >= 0.3 is 6.18 Å². The van der Waals surface area contributed by atoms with Gasteiger partial charge in [0.05, 0.1) is 23.8 Å². The predicted molar refractivity (Wildman–Crippen MR) is 188 cm³/mol. The first-order chi connectivity index (χ1) is 25.1. The highest BCUT2D eigenvalue weighted by Crippen LogP contribution is 2.37. The molecule has 7 rings (SSSR count). The molecule has 3 amide bonds. The van der Waals surface area contributed by atoms with Crippen molar-refractivity contribution in [2.75, 3.05) is 62.2 Å². The summed E-state index contributed by atoms with van der Waals surface area (Å²) in [6.45, 7) is 6.86. The van der Waals surface area contributed by atoms with Crippen molar-refractivity contribution in [2.45, 2.75) is 56.8 Å². The molecule has 0 aromatic heterocycles. The number of amides is 3. The van der Waals surface area contributed by atoms with Gasteiger partial charge in [-0.1, -0.05) is 12.1 Å². The van der Waals surface area contributed by atoms with Crippen molar-refractivity contribution in [3.63, 3.8) is 0 Å². The Morgan fingerprint density at radius 3 is 2.35 bits per heavy atom. The van der Waals surface area contributed by atoms with Gasteiger partial charge in [0.1, 0.15) is 11.8 Å². The van der Waals surface area contributed by atoms with Gasteiger partial charge in [-0.15, -0.1) is 0 Å². The smallest absolute Gasteiger partial charge is 0.417 e. The van der Waals surface area contributed by atoms with Gasteiger partial charge in [-0.25, -0.2) is 0 Å². The van der Waals surface area contributed by atoms with Crippen LogP contribution in [0.1, 0.15) is 70.6 Å². The average molecular weight is 715 g/mol. The standard InChI is InChI=1S/C39H41F3N6O4/c40-39(41,42)34-22-31(6-3-27(34)23-43)47-15-13-28(24-47)26-4-8-32(9-5-26)52-20-2-1-14-45-16-18-46(19-17-45)30-7-10-33-29(21-30)25-48(38(33)51)35-11-12-36(49)44-37(35)50/h3-10,21-22,28,35H,1-2,11-20,24-25H2,(H,44,49,50)/t28-,35?/m1/s1. The van der Waals surface area contributed by atoms with E-state index in [4.69, 9.17) is 10.00 Å². The van der Waals surface area contributed by atoms with Crippen molar-refractivity contribution in [1.29, 1.82) is 5.26 Å². The number of halogens is 3. The zero-order valence-electron chi connectivity index (χ0n) is 28.8. The maximum absolute atomic E-state index is 13.5. The highest BCUT2D eigenvalue weighted by molar-refractivity contribution is 6.05. The van der Waals surface area contributed by atoms with Crippen molar-refractivity contribution < 1.29 is 32.3 Å². The number of carbonyl (C=O) groups excluding carboxylic acids is 3. The van der Waals surface area contributed by atoms with Crippen LogP contribution in [0, 0.1) is 11.3 Å². The molecule has 3 aromatic rings. The van der Waals surface area contributed by atoms with E-state index in [-0.39, 0.29) is 29.7 Å². The average Bonchev–Trinajstić information content (AvgIpc) is 3.76. The number of imide groups is 1. The fraction of sp³-hybridized carbons (Fsp3) is 0.436. The molecule has 4 heterocycles. The first-order valence-electron chi connectivity index (χ1n) is 17.9. The Bertz CT molecular complexity index is 1870. The lowest BCUT2D eigenvalue weighted by Crippen LogP contribution is -2.52. The van der Waals surface area contributed by atoms with E-state index in [2.05, 4.69) is 21.2 Å². The lowest BCUT2D eigenvalue weighted by atomic mass is 9.98. The molecule has 4 aliphatic heterocycles. The lowest BCUT2D eigenvalue weighted by Gasteiger charge is -2.36. The second kappa shape index (κ2) is 14.9. The van der Waals surface area contributed by atoms with Gasteiger partial charge in [0.25, 0.3) is 5.91 Å². The molecule has 13 heteroatoms. The summed E-state index contributed by atoms with van der Waals surface area (Å²) >= 11 is 0. The van der Waals surface area contributed by atoms with E-state index in [1.807, 2.05) is 41.3 Å². The summed E-state index contributed by atoms with van der Waals surface area (Å²) in [5.74, 6) is 0.144. The van der Waals surface area contributed by atoms with Gasteiger partial charge < -0.3 is 19.4 Å². The minimum atomic E-state index is -4.57. The van der Waals surface area contributed by atoms with E-state index >= 15 is 0 Å².